The van der Waals surface area contributed by atoms with Gasteiger partial charge in [0.2, 0.25) is 5.91 Å². The number of carbonyl (C=O) groups excluding carboxylic acids is 5. The number of imide groups is 2. The molecule has 0 radical (unpaired) electrons. The van der Waals surface area contributed by atoms with E-state index < -0.39 is 23.8 Å². The van der Waals surface area contributed by atoms with E-state index >= 15 is 0 Å². The average Bonchev–Trinajstić information content (AvgIpc) is 3.41. The van der Waals surface area contributed by atoms with Crippen LogP contribution in [0.3, 0.4) is 0 Å². The molecule has 3 aliphatic rings. The molecule has 39 heavy (non-hydrogen) atoms. The number of carbonyl (C=O) groups is 5. The normalized spacial score (nSPS) is 17.4. The maximum Gasteiger partial charge on any atom is 0.343 e. The van der Waals surface area contributed by atoms with Crippen LogP contribution >= 0.6 is 0 Å². The number of rotatable bonds is 6. The third-order valence-corrected chi connectivity index (χ3v) is 7.25. The number of benzene rings is 3. The molecule has 3 aromatic carbocycles. The van der Waals surface area contributed by atoms with Crippen LogP contribution in [0.5, 0.6) is 0 Å². The Hall–Kier alpha value is -4.99. The molecule has 3 heterocycles. The SMILES string of the molecule is O=C1CCN(N2C(=O)c3ccc(CN4CCN(C(c5ccccc5)c5ccccc5)C4=O)cc3C2=O)C(=O)N1. The van der Waals surface area contributed by atoms with Gasteiger partial charge in [-0.05, 0) is 28.8 Å². The topological polar surface area (TPSA) is 110 Å². The summed E-state index contributed by atoms with van der Waals surface area (Å²) in [4.78, 5) is 67.1. The minimum atomic E-state index is -0.810. The molecular formula is C29H25N5O5. The smallest absolute Gasteiger partial charge is 0.319 e. The first-order valence-electron chi connectivity index (χ1n) is 12.7. The molecule has 196 valence electrons. The molecule has 10 nitrogen and oxygen atoms in total. The van der Waals surface area contributed by atoms with E-state index in [1.807, 2.05) is 65.6 Å². The molecule has 0 spiro atoms. The van der Waals surface area contributed by atoms with Gasteiger partial charge in [-0.2, -0.15) is 5.01 Å². The monoisotopic (exact) mass is 523 g/mol. The molecule has 0 unspecified atom stereocenters. The minimum Gasteiger partial charge on any atom is -0.319 e. The highest BCUT2D eigenvalue weighted by molar-refractivity contribution is 6.22. The molecule has 0 saturated carbocycles. The summed E-state index contributed by atoms with van der Waals surface area (Å²) in [5, 5.41) is 3.87. The Labute approximate surface area is 224 Å². The molecule has 2 fully saturated rings. The molecule has 3 aromatic rings. The van der Waals surface area contributed by atoms with Gasteiger partial charge in [-0.25, -0.2) is 14.6 Å². The second-order valence-corrected chi connectivity index (χ2v) is 9.65. The molecule has 6 rings (SSSR count). The second-order valence-electron chi connectivity index (χ2n) is 9.65. The van der Waals surface area contributed by atoms with E-state index in [0.29, 0.717) is 18.7 Å². The highest BCUT2D eigenvalue weighted by Gasteiger charge is 2.43. The Morgan fingerprint density at radius 3 is 2.00 bits per heavy atom. The van der Waals surface area contributed by atoms with Gasteiger partial charge in [0.25, 0.3) is 11.8 Å². The Morgan fingerprint density at radius 1 is 0.718 bits per heavy atom. The lowest BCUT2D eigenvalue weighted by Gasteiger charge is -2.32. The maximum atomic E-state index is 13.6. The van der Waals surface area contributed by atoms with Crippen molar-refractivity contribution in [1.82, 2.24) is 25.1 Å². The average molecular weight is 524 g/mol. The number of nitrogens with zero attached hydrogens (tertiary/aromatic N) is 4. The van der Waals surface area contributed by atoms with Gasteiger partial charge in [-0.3, -0.25) is 19.7 Å². The van der Waals surface area contributed by atoms with Crippen LogP contribution in [-0.2, 0) is 11.3 Å². The number of nitrogens with one attached hydrogen (secondary N) is 1. The predicted molar refractivity (Wildman–Crippen MR) is 139 cm³/mol. The minimum absolute atomic E-state index is 0.00900. The zero-order chi connectivity index (χ0) is 27.1. The fourth-order valence-electron chi connectivity index (χ4n) is 5.37. The number of hydrogen-bond acceptors (Lipinski definition) is 5. The van der Waals surface area contributed by atoms with E-state index in [1.165, 1.54) is 0 Å². The summed E-state index contributed by atoms with van der Waals surface area (Å²) < 4.78 is 0. The van der Waals surface area contributed by atoms with E-state index in [0.717, 1.165) is 21.1 Å². The maximum absolute atomic E-state index is 13.6. The summed E-state index contributed by atoms with van der Waals surface area (Å²) >= 11 is 0. The second kappa shape index (κ2) is 9.71. The zero-order valence-corrected chi connectivity index (χ0v) is 20.9. The fourth-order valence-corrected chi connectivity index (χ4v) is 5.37. The van der Waals surface area contributed by atoms with Gasteiger partial charge in [0, 0.05) is 26.1 Å². The van der Waals surface area contributed by atoms with Crippen molar-refractivity contribution in [3.05, 3.63) is 107 Å². The van der Waals surface area contributed by atoms with Gasteiger partial charge in [-0.1, -0.05) is 66.7 Å². The molecule has 7 amide bonds. The van der Waals surface area contributed by atoms with E-state index in [1.54, 1.807) is 23.1 Å². The number of hydrazine groups is 1. The van der Waals surface area contributed by atoms with Crippen molar-refractivity contribution in [1.29, 1.82) is 0 Å². The molecule has 10 heteroatoms. The molecule has 0 aromatic heterocycles. The number of amides is 7. The van der Waals surface area contributed by atoms with Crippen molar-refractivity contribution in [2.45, 2.75) is 19.0 Å². The molecular weight excluding hydrogens is 498 g/mol. The summed E-state index contributed by atoms with van der Waals surface area (Å²) in [7, 11) is 0. The summed E-state index contributed by atoms with van der Waals surface area (Å²) in [6, 6.07) is 23.5. The predicted octanol–water partition coefficient (Wildman–Crippen LogP) is 3.17. The van der Waals surface area contributed by atoms with Gasteiger partial charge in [0.05, 0.1) is 23.7 Å². The molecule has 2 saturated heterocycles. The lowest BCUT2D eigenvalue weighted by atomic mass is 9.97. The van der Waals surface area contributed by atoms with Crippen molar-refractivity contribution in [2.75, 3.05) is 19.6 Å². The van der Waals surface area contributed by atoms with Crippen LogP contribution in [0.4, 0.5) is 9.59 Å². The standard InChI is InChI=1S/C29H25N5O5/c35-24-13-14-33(28(38)30-24)34-26(36)22-12-11-19(17-23(22)27(34)37)18-31-15-16-32(29(31)39)25(20-7-3-1-4-8-20)21-9-5-2-6-10-21/h1-12,17,25H,13-16,18H2,(H,30,35,38). The van der Waals surface area contributed by atoms with Crippen molar-refractivity contribution >= 4 is 29.8 Å². The van der Waals surface area contributed by atoms with Crippen LogP contribution < -0.4 is 5.32 Å². The first-order chi connectivity index (χ1) is 18.9. The van der Waals surface area contributed by atoms with Crippen molar-refractivity contribution < 1.29 is 24.0 Å². The van der Waals surface area contributed by atoms with Gasteiger partial charge in [-0.15, -0.1) is 0 Å². The third kappa shape index (κ3) is 4.29. The lowest BCUT2D eigenvalue weighted by molar-refractivity contribution is -0.122. The molecule has 1 N–H and O–H groups in total. The summed E-state index contributed by atoms with van der Waals surface area (Å²) in [5.41, 5.74) is 3.07. The lowest BCUT2D eigenvalue weighted by Crippen LogP contribution is -2.58. The van der Waals surface area contributed by atoms with Crippen LogP contribution in [-0.4, -0.2) is 69.2 Å². The van der Waals surface area contributed by atoms with Crippen LogP contribution in [0.25, 0.3) is 0 Å². The Kier molecular flexibility index (Phi) is 6.07. The first kappa shape index (κ1) is 24.4. The number of urea groups is 2. The van der Waals surface area contributed by atoms with Gasteiger partial charge in [0.15, 0.2) is 0 Å². The molecule has 0 bridgehead atoms. The molecule has 3 aliphatic heterocycles. The Bertz CT molecular complexity index is 1450. The van der Waals surface area contributed by atoms with Crippen LogP contribution in [0.15, 0.2) is 78.9 Å². The quantitative estimate of drug-likeness (QED) is 0.499. The van der Waals surface area contributed by atoms with Crippen LogP contribution in [0, 0.1) is 0 Å². The molecule has 0 atom stereocenters. The highest BCUT2D eigenvalue weighted by Crippen LogP contribution is 2.33. The highest BCUT2D eigenvalue weighted by atomic mass is 16.2. The largest absolute Gasteiger partial charge is 0.343 e. The van der Waals surface area contributed by atoms with Crippen molar-refractivity contribution in [2.24, 2.45) is 0 Å². The van der Waals surface area contributed by atoms with Gasteiger partial charge < -0.3 is 9.80 Å². The van der Waals surface area contributed by atoms with E-state index in [2.05, 4.69) is 5.32 Å². The Balaban J connectivity index is 1.22. The fraction of sp³-hybridized carbons (Fsp3) is 0.207. The third-order valence-electron chi connectivity index (χ3n) is 7.25. The first-order valence-corrected chi connectivity index (χ1v) is 12.7. The summed E-state index contributed by atoms with van der Waals surface area (Å²) in [6.07, 6.45) is -0.00900. The van der Waals surface area contributed by atoms with Crippen molar-refractivity contribution in [3.8, 4) is 0 Å². The van der Waals surface area contributed by atoms with E-state index in [9.17, 15) is 24.0 Å². The molecule has 0 aliphatic carbocycles. The van der Waals surface area contributed by atoms with Gasteiger partial charge >= 0.3 is 12.1 Å². The summed E-state index contributed by atoms with van der Waals surface area (Å²) in [6.45, 7) is 1.24. The van der Waals surface area contributed by atoms with E-state index in [4.69, 9.17) is 0 Å². The van der Waals surface area contributed by atoms with Crippen LogP contribution in [0.1, 0.15) is 49.9 Å². The summed E-state index contributed by atoms with van der Waals surface area (Å²) in [5.74, 6) is -1.71. The van der Waals surface area contributed by atoms with E-state index in [-0.39, 0.29) is 42.7 Å². The van der Waals surface area contributed by atoms with Crippen molar-refractivity contribution in [3.63, 3.8) is 0 Å². The zero-order valence-electron chi connectivity index (χ0n) is 20.9. The van der Waals surface area contributed by atoms with Gasteiger partial charge in [0.1, 0.15) is 0 Å². The number of hydrogen-bond donors (Lipinski definition) is 1. The Morgan fingerprint density at radius 2 is 1.36 bits per heavy atom. The number of fused-ring (bicyclic) bond motifs is 1. The van der Waals surface area contributed by atoms with Crippen LogP contribution in [0.2, 0.25) is 0 Å².